The molecule has 12 heteroatoms. The largest absolute Gasteiger partial charge is 0.573 e. The second-order valence-corrected chi connectivity index (χ2v) is 8.31. The molecule has 0 aliphatic carbocycles. The van der Waals surface area contributed by atoms with E-state index in [9.17, 15) is 23.3 Å². The van der Waals surface area contributed by atoms with Crippen molar-refractivity contribution in [2.75, 3.05) is 25.0 Å². The SMILES string of the molecule is CNC(C1CCN(c2ccc(OC(F)(F)F)cc2)CC1)[C@]1(C)Cn2cc([N+](=O)[O-])nc2O1. The molecule has 1 unspecified atom stereocenters. The van der Waals surface area contributed by atoms with Crippen molar-refractivity contribution in [3.05, 3.63) is 40.6 Å². The van der Waals surface area contributed by atoms with E-state index in [0.29, 0.717) is 6.54 Å². The van der Waals surface area contributed by atoms with Crippen LogP contribution in [0.2, 0.25) is 0 Å². The number of anilines is 1. The Balaban J connectivity index is 1.37. The van der Waals surface area contributed by atoms with E-state index in [0.717, 1.165) is 31.6 Å². The van der Waals surface area contributed by atoms with Crippen molar-refractivity contribution < 1.29 is 27.6 Å². The lowest BCUT2D eigenvalue weighted by Crippen LogP contribution is -2.57. The molecule has 2 aliphatic heterocycles. The average molecular weight is 455 g/mol. The van der Waals surface area contributed by atoms with Crippen molar-refractivity contribution in [3.63, 3.8) is 0 Å². The van der Waals surface area contributed by atoms with E-state index in [-0.39, 0.29) is 29.5 Å². The van der Waals surface area contributed by atoms with Crippen LogP contribution < -0.4 is 19.7 Å². The highest BCUT2D eigenvalue weighted by Crippen LogP contribution is 2.38. The first-order valence-electron chi connectivity index (χ1n) is 10.3. The van der Waals surface area contributed by atoms with E-state index >= 15 is 0 Å². The molecular formula is C20H24F3N5O4. The summed E-state index contributed by atoms with van der Waals surface area (Å²) >= 11 is 0. The zero-order valence-electron chi connectivity index (χ0n) is 17.6. The Hall–Kier alpha value is -3.02. The lowest BCUT2D eigenvalue weighted by atomic mass is 9.80. The Labute approximate surface area is 182 Å². The van der Waals surface area contributed by atoms with Gasteiger partial charge in [0.1, 0.15) is 17.5 Å². The van der Waals surface area contributed by atoms with Crippen molar-refractivity contribution >= 4 is 11.5 Å². The van der Waals surface area contributed by atoms with Crippen LogP contribution in [-0.2, 0) is 6.54 Å². The van der Waals surface area contributed by atoms with Crippen LogP contribution in [0.4, 0.5) is 24.7 Å². The van der Waals surface area contributed by atoms with Gasteiger partial charge in [0, 0.05) is 23.8 Å². The topological polar surface area (TPSA) is 94.7 Å². The molecule has 0 amide bonds. The lowest BCUT2D eigenvalue weighted by Gasteiger charge is -2.42. The van der Waals surface area contributed by atoms with E-state index in [1.807, 2.05) is 14.0 Å². The number of rotatable bonds is 6. The van der Waals surface area contributed by atoms with E-state index in [1.54, 1.807) is 16.7 Å². The fourth-order valence-electron chi connectivity index (χ4n) is 4.80. The fraction of sp³-hybridized carbons (Fsp3) is 0.550. The summed E-state index contributed by atoms with van der Waals surface area (Å²) < 4.78 is 48.7. The second-order valence-electron chi connectivity index (χ2n) is 8.31. The molecule has 0 spiro atoms. The van der Waals surface area contributed by atoms with Crippen LogP contribution >= 0.6 is 0 Å². The Morgan fingerprint density at radius 3 is 2.50 bits per heavy atom. The van der Waals surface area contributed by atoms with Gasteiger partial charge in [0.25, 0.3) is 0 Å². The zero-order chi connectivity index (χ0) is 23.1. The number of hydrogen-bond donors (Lipinski definition) is 1. The first kappa shape index (κ1) is 22.2. The minimum Gasteiger partial charge on any atom is -0.436 e. The molecule has 2 atom stereocenters. The summed E-state index contributed by atoms with van der Waals surface area (Å²) in [5.41, 5.74) is 0.241. The monoisotopic (exact) mass is 455 g/mol. The Morgan fingerprint density at radius 2 is 1.97 bits per heavy atom. The van der Waals surface area contributed by atoms with Crippen LogP contribution in [0.1, 0.15) is 19.8 Å². The normalized spacial score (nSPS) is 22.3. The maximum atomic E-state index is 12.3. The maximum absolute atomic E-state index is 12.3. The lowest BCUT2D eigenvalue weighted by molar-refractivity contribution is -0.389. The highest BCUT2D eigenvalue weighted by molar-refractivity contribution is 5.49. The maximum Gasteiger partial charge on any atom is 0.573 e. The van der Waals surface area contributed by atoms with Gasteiger partial charge in [-0.3, -0.25) is 4.57 Å². The molecule has 1 aromatic heterocycles. The van der Waals surface area contributed by atoms with Crippen molar-refractivity contribution in [1.29, 1.82) is 0 Å². The quantitative estimate of drug-likeness (QED) is 0.527. The standard InChI is InChI=1S/C20H24F3N5O4/c1-19(12-27-11-16(28(29)30)25-18(27)32-19)17(24-2)13-7-9-26(10-8-13)14-3-5-15(6-4-14)31-20(21,22)23/h3-6,11,13,17,24H,7-10,12H2,1-2H3/t17?,19-/m0/s1. The van der Waals surface area contributed by atoms with Crippen LogP contribution in [0.3, 0.4) is 0 Å². The molecule has 1 fully saturated rings. The number of nitrogens with zero attached hydrogens (tertiary/aromatic N) is 4. The third-order valence-corrected chi connectivity index (χ3v) is 6.14. The summed E-state index contributed by atoms with van der Waals surface area (Å²) in [6, 6.07) is 6.14. The Bertz CT molecular complexity index is 947. The van der Waals surface area contributed by atoms with Crippen molar-refractivity contribution in [2.24, 2.45) is 5.92 Å². The molecule has 1 saturated heterocycles. The average Bonchev–Trinajstić information content (AvgIpc) is 3.24. The molecule has 0 saturated carbocycles. The molecule has 0 radical (unpaired) electrons. The zero-order valence-corrected chi connectivity index (χ0v) is 17.6. The van der Waals surface area contributed by atoms with Gasteiger partial charge in [0.2, 0.25) is 0 Å². The highest BCUT2D eigenvalue weighted by Gasteiger charge is 2.48. The third kappa shape index (κ3) is 4.45. The molecule has 9 nitrogen and oxygen atoms in total. The molecule has 174 valence electrons. The number of nitrogens with one attached hydrogen (secondary N) is 1. The van der Waals surface area contributed by atoms with Gasteiger partial charge < -0.3 is 29.8 Å². The summed E-state index contributed by atoms with van der Waals surface area (Å²) in [5, 5.41) is 14.3. The van der Waals surface area contributed by atoms with Gasteiger partial charge >= 0.3 is 18.2 Å². The van der Waals surface area contributed by atoms with Crippen LogP contribution in [-0.4, -0.2) is 52.6 Å². The van der Waals surface area contributed by atoms with E-state index < -0.39 is 16.9 Å². The number of aromatic nitrogens is 2. The molecule has 1 aromatic carbocycles. The summed E-state index contributed by atoms with van der Waals surface area (Å²) in [4.78, 5) is 16.5. The van der Waals surface area contributed by atoms with Crippen molar-refractivity contribution in [1.82, 2.24) is 14.9 Å². The summed E-state index contributed by atoms with van der Waals surface area (Å²) in [6.45, 7) is 3.92. The number of halogens is 3. The molecule has 2 aliphatic rings. The minimum atomic E-state index is -4.71. The summed E-state index contributed by atoms with van der Waals surface area (Å²) in [6.07, 6.45) is -1.61. The first-order valence-corrected chi connectivity index (χ1v) is 10.3. The predicted molar refractivity (Wildman–Crippen MR) is 109 cm³/mol. The Morgan fingerprint density at radius 1 is 1.31 bits per heavy atom. The number of fused-ring (bicyclic) bond motifs is 1. The van der Waals surface area contributed by atoms with Gasteiger partial charge in [-0.25, -0.2) is 0 Å². The van der Waals surface area contributed by atoms with Gasteiger partial charge in [-0.1, -0.05) is 0 Å². The molecular weight excluding hydrogens is 431 g/mol. The van der Waals surface area contributed by atoms with E-state index in [1.165, 1.54) is 18.3 Å². The van der Waals surface area contributed by atoms with Crippen molar-refractivity contribution in [3.8, 4) is 11.8 Å². The summed E-state index contributed by atoms with van der Waals surface area (Å²) in [5.74, 6) is -0.188. The fourth-order valence-corrected chi connectivity index (χ4v) is 4.80. The Kier molecular flexibility index (Phi) is 5.65. The number of benzene rings is 1. The van der Waals surface area contributed by atoms with Gasteiger partial charge in [-0.05, 0) is 61.9 Å². The smallest absolute Gasteiger partial charge is 0.436 e. The van der Waals surface area contributed by atoms with Gasteiger partial charge in [-0.15, -0.1) is 13.2 Å². The molecule has 1 N–H and O–H groups in total. The van der Waals surface area contributed by atoms with Crippen LogP contribution in [0, 0.1) is 16.0 Å². The van der Waals surface area contributed by atoms with Crippen LogP contribution in [0.25, 0.3) is 0 Å². The molecule has 4 rings (SSSR count). The predicted octanol–water partition coefficient (Wildman–Crippen LogP) is 3.35. The van der Waals surface area contributed by atoms with Crippen molar-refractivity contribution in [2.45, 2.75) is 44.3 Å². The minimum absolute atomic E-state index is 0.00651. The van der Waals surface area contributed by atoms with Gasteiger partial charge in [0.05, 0.1) is 12.6 Å². The van der Waals surface area contributed by atoms with Crippen LogP contribution in [0.15, 0.2) is 30.5 Å². The number of nitro groups is 1. The van der Waals surface area contributed by atoms with Gasteiger partial charge in [-0.2, -0.15) is 0 Å². The number of alkyl halides is 3. The highest BCUT2D eigenvalue weighted by atomic mass is 19.4. The first-order chi connectivity index (χ1) is 15.1. The number of piperidine rings is 1. The number of likely N-dealkylation sites (N-methyl/N-ethyl adjacent to an activating group) is 1. The second kappa shape index (κ2) is 8.15. The van der Waals surface area contributed by atoms with Crippen LogP contribution in [0.5, 0.6) is 11.8 Å². The number of ether oxygens (including phenoxy) is 2. The van der Waals surface area contributed by atoms with Gasteiger partial charge in [0.15, 0.2) is 0 Å². The molecule has 32 heavy (non-hydrogen) atoms. The van der Waals surface area contributed by atoms with E-state index in [4.69, 9.17) is 4.74 Å². The summed E-state index contributed by atoms with van der Waals surface area (Å²) in [7, 11) is 1.87. The molecule has 0 bridgehead atoms. The van der Waals surface area contributed by atoms with E-state index in [2.05, 4.69) is 19.9 Å². The number of imidazole rings is 1. The third-order valence-electron chi connectivity index (χ3n) is 6.14. The molecule has 3 heterocycles. The number of hydrogen-bond acceptors (Lipinski definition) is 7. The molecule has 2 aromatic rings.